The molecule has 1 saturated heterocycles. The molecule has 1 atom stereocenters. The van der Waals surface area contributed by atoms with Gasteiger partial charge < -0.3 is 5.32 Å². The molecule has 3 aromatic carbocycles. The number of nitrogens with one attached hydrogen (secondary N) is 1. The SMILES string of the molecule is CCCCc1ccc(C[C@H]2S/C(=C(/C#N)C(=O)Nc3ccc(Cl)cc3Cl)N(c3ccccc3)C2=O)cc1. The standard InChI is InChI=1S/C29H25Cl2N3O2S/c1-2-3-7-19-10-12-20(13-11-19)16-26-28(36)34(22-8-5-4-6-9-22)29(37-26)23(18-32)27(35)33-25-15-14-21(30)17-24(25)31/h4-6,8-15,17,26H,2-3,7,16H2,1H3,(H,33,35)/b29-23-/t26-/m1/s1. The van der Waals surface area contributed by atoms with E-state index in [0.29, 0.717) is 27.8 Å². The highest BCUT2D eigenvalue weighted by Gasteiger charge is 2.40. The first kappa shape index (κ1) is 26.8. The van der Waals surface area contributed by atoms with E-state index in [1.165, 1.54) is 28.3 Å². The van der Waals surface area contributed by atoms with E-state index in [-0.39, 0.29) is 16.5 Å². The summed E-state index contributed by atoms with van der Waals surface area (Å²) in [6.45, 7) is 2.17. The molecule has 1 aliphatic heterocycles. The molecule has 2 amide bonds. The Morgan fingerprint density at radius 1 is 1.05 bits per heavy atom. The van der Waals surface area contributed by atoms with Crippen molar-refractivity contribution in [2.45, 2.75) is 37.9 Å². The lowest BCUT2D eigenvalue weighted by molar-refractivity contribution is -0.117. The van der Waals surface area contributed by atoms with Gasteiger partial charge in [0.2, 0.25) is 5.91 Å². The molecule has 37 heavy (non-hydrogen) atoms. The van der Waals surface area contributed by atoms with Crippen molar-refractivity contribution in [3.8, 4) is 6.07 Å². The fraction of sp³-hybridized carbons (Fsp3) is 0.207. The molecular weight excluding hydrogens is 525 g/mol. The number of hydrogen-bond acceptors (Lipinski definition) is 4. The van der Waals surface area contributed by atoms with E-state index in [1.54, 1.807) is 24.3 Å². The van der Waals surface area contributed by atoms with Gasteiger partial charge in [-0.1, -0.05) is 90.8 Å². The Balaban J connectivity index is 1.65. The summed E-state index contributed by atoms with van der Waals surface area (Å²) in [5, 5.41) is 13.2. The summed E-state index contributed by atoms with van der Waals surface area (Å²) in [6.07, 6.45) is 3.78. The molecule has 0 aliphatic carbocycles. The molecule has 0 radical (unpaired) electrons. The fourth-order valence-electron chi connectivity index (χ4n) is 4.01. The Labute approximate surface area is 231 Å². The van der Waals surface area contributed by atoms with Gasteiger partial charge in [0.05, 0.1) is 16.0 Å². The maximum atomic E-state index is 13.6. The molecule has 0 saturated carbocycles. The predicted octanol–water partition coefficient (Wildman–Crippen LogP) is 7.40. The number of aryl methyl sites for hydroxylation is 1. The van der Waals surface area contributed by atoms with Gasteiger partial charge in [-0.25, -0.2) is 0 Å². The molecule has 1 aliphatic rings. The molecule has 8 heteroatoms. The van der Waals surface area contributed by atoms with Crippen molar-refractivity contribution >= 4 is 58.2 Å². The summed E-state index contributed by atoms with van der Waals surface area (Å²) in [6, 6.07) is 24.0. The molecule has 1 fully saturated rings. The number of nitriles is 1. The molecule has 1 heterocycles. The number of rotatable bonds is 8. The van der Waals surface area contributed by atoms with Crippen molar-refractivity contribution in [2.24, 2.45) is 0 Å². The Hall–Kier alpha value is -3.24. The molecule has 5 nitrogen and oxygen atoms in total. The van der Waals surface area contributed by atoms with Crippen molar-refractivity contribution in [1.82, 2.24) is 0 Å². The van der Waals surface area contributed by atoms with Crippen LogP contribution >= 0.6 is 35.0 Å². The first-order valence-electron chi connectivity index (χ1n) is 12.0. The first-order chi connectivity index (χ1) is 17.9. The minimum atomic E-state index is -0.649. The minimum absolute atomic E-state index is 0.161. The van der Waals surface area contributed by atoms with Crippen LogP contribution < -0.4 is 10.2 Å². The third-order valence-corrected chi connectivity index (χ3v) is 7.77. The second kappa shape index (κ2) is 12.3. The number of unbranched alkanes of at least 4 members (excludes halogenated alkanes) is 1. The monoisotopic (exact) mass is 549 g/mol. The smallest absolute Gasteiger partial charge is 0.269 e. The number of thioether (sulfide) groups is 1. The highest BCUT2D eigenvalue weighted by atomic mass is 35.5. The van der Waals surface area contributed by atoms with Crippen molar-refractivity contribution in [3.05, 3.63) is 105 Å². The molecular formula is C29H25Cl2N3O2S. The molecule has 0 aromatic heterocycles. The van der Waals surface area contributed by atoms with Crippen LogP contribution in [-0.4, -0.2) is 17.1 Å². The Kier molecular flexibility index (Phi) is 8.94. The van der Waals surface area contributed by atoms with Gasteiger partial charge in [0, 0.05) is 10.7 Å². The van der Waals surface area contributed by atoms with Gasteiger partial charge in [-0.3, -0.25) is 14.5 Å². The van der Waals surface area contributed by atoms with E-state index in [1.807, 2.05) is 36.4 Å². The zero-order valence-electron chi connectivity index (χ0n) is 20.2. The van der Waals surface area contributed by atoms with E-state index in [0.717, 1.165) is 24.8 Å². The first-order valence-corrected chi connectivity index (χ1v) is 13.6. The third kappa shape index (κ3) is 6.37. The van der Waals surface area contributed by atoms with E-state index in [9.17, 15) is 14.9 Å². The van der Waals surface area contributed by atoms with Crippen molar-refractivity contribution in [1.29, 1.82) is 5.26 Å². The van der Waals surface area contributed by atoms with Gasteiger partial charge in [-0.2, -0.15) is 5.26 Å². The Morgan fingerprint density at radius 3 is 2.41 bits per heavy atom. The number of carbonyl (C=O) groups is 2. The lowest BCUT2D eigenvalue weighted by Gasteiger charge is -2.18. The average molecular weight is 551 g/mol. The van der Waals surface area contributed by atoms with Crippen LogP contribution in [0.5, 0.6) is 0 Å². The number of benzene rings is 3. The zero-order valence-corrected chi connectivity index (χ0v) is 22.5. The maximum absolute atomic E-state index is 13.6. The number of carbonyl (C=O) groups excluding carboxylic acids is 2. The number of amides is 2. The number of anilines is 2. The molecule has 0 unspecified atom stereocenters. The van der Waals surface area contributed by atoms with Crippen LogP contribution in [0.1, 0.15) is 30.9 Å². The number of halogens is 2. The highest BCUT2D eigenvalue weighted by molar-refractivity contribution is 8.05. The normalized spacial score (nSPS) is 16.4. The molecule has 1 N–H and O–H groups in total. The summed E-state index contributed by atoms with van der Waals surface area (Å²) in [5.41, 5.74) is 3.05. The van der Waals surface area contributed by atoms with Crippen molar-refractivity contribution < 1.29 is 9.59 Å². The topological polar surface area (TPSA) is 73.2 Å². The van der Waals surface area contributed by atoms with Crippen LogP contribution in [-0.2, 0) is 22.4 Å². The summed E-state index contributed by atoms with van der Waals surface area (Å²) in [7, 11) is 0. The number of hydrogen-bond donors (Lipinski definition) is 1. The predicted molar refractivity (Wildman–Crippen MR) is 152 cm³/mol. The van der Waals surface area contributed by atoms with E-state index >= 15 is 0 Å². The average Bonchev–Trinajstić information content (AvgIpc) is 3.21. The van der Waals surface area contributed by atoms with Gasteiger partial charge in [-0.15, -0.1) is 0 Å². The number of para-hydroxylation sites is 1. The summed E-state index contributed by atoms with van der Waals surface area (Å²) >= 11 is 13.4. The molecule has 3 aromatic rings. The largest absolute Gasteiger partial charge is 0.320 e. The molecule has 0 bridgehead atoms. The van der Waals surface area contributed by atoms with E-state index in [2.05, 4.69) is 24.4 Å². The quantitative estimate of drug-likeness (QED) is 0.234. The summed E-state index contributed by atoms with van der Waals surface area (Å²) < 4.78 is 0. The van der Waals surface area contributed by atoms with Gasteiger partial charge in [-0.05, 0) is 60.7 Å². The maximum Gasteiger partial charge on any atom is 0.269 e. The van der Waals surface area contributed by atoms with Crippen LogP contribution in [0.25, 0.3) is 0 Å². The van der Waals surface area contributed by atoms with Crippen LogP contribution in [0.3, 0.4) is 0 Å². The van der Waals surface area contributed by atoms with Gasteiger partial charge in [0.1, 0.15) is 16.7 Å². The van der Waals surface area contributed by atoms with E-state index < -0.39 is 11.2 Å². The zero-order chi connectivity index (χ0) is 26.4. The summed E-state index contributed by atoms with van der Waals surface area (Å²) in [4.78, 5) is 28.3. The van der Waals surface area contributed by atoms with Gasteiger partial charge in [0.15, 0.2) is 0 Å². The third-order valence-electron chi connectivity index (χ3n) is 5.96. The Bertz CT molecular complexity index is 1370. The van der Waals surface area contributed by atoms with Crippen LogP contribution in [0.4, 0.5) is 11.4 Å². The summed E-state index contributed by atoms with van der Waals surface area (Å²) in [5.74, 6) is -0.824. The van der Waals surface area contributed by atoms with E-state index in [4.69, 9.17) is 23.2 Å². The van der Waals surface area contributed by atoms with Crippen LogP contribution in [0, 0.1) is 11.3 Å². The van der Waals surface area contributed by atoms with Gasteiger partial charge in [0.25, 0.3) is 5.91 Å². The van der Waals surface area contributed by atoms with Crippen LogP contribution in [0.2, 0.25) is 10.0 Å². The molecule has 4 rings (SSSR count). The van der Waals surface area contributed by atoms with Crippen molar-refractivity contribution in [2.75, 3.05) is 10.2 Å². The fourth-order valence-corrected chi connectivity index (χ4v) is 5.78. The Morgan fingerprint density at radius 2 is 1.76 bits per heavy atom. The second-order valence-corrected chi connectivity index (χ2v) is 10.6. The highest BCUT2D eigenvalue weighted by Crippen LogP contribution is 2.42. The number of nitrogens with zero attached hydrogens (tertiary/aromatic N) is 2. The van der Waals surface area contributed by atoms with Gasteiger partial charge >= 0.3 is 0 Å². The van der Waals surface area contributed by atoms with Crippen molar-refractivity contribution in [3.63, 3.8) is 0 Å². The molecule has 0 spiro atoms. The lowest BCUT2D eigenvalue weighted by Crippen LogP contribution is -2.30. The van der Waals surface area contributed by atoms with Crippen LogP contribution in [0.15, 0.2) is 83.4 Å². The second-order valence-electron chi connectivity index (χ2n) is 8.61. The lowest BCUT2D eigenvalue weighted by atomic mass is 10.0. The minimum Gasteiger partial charge on any atom is -0.320 e. The molecule has 188 valence electrons.